The van der Waals surface area contributed by atoms with E-state index in [1.54, 1.807) is 14.2 Å². The molecule has 0 aromatic heterocycles. The monoisotopic (exact) mass is 389 g/mol. The summed E-state index contributed by atoms with van der Waals surface area (Å²) >= 11 is 0. The van der Waals surface area contributed by atoms with Gasteiger partial charge in [-0.15, -0.1) is 0 Å². The van der Waals surface area contributed by atoms with Crippen LogP contribution >= 0.6 is 0 Å². The Labute approximate surface area is 168 Å². The van der Waals surface area contributed by atoms with Crippen molar-refractivity contribution in [2.75, 3.05) is 40.3 Å². The molecule has 1 amide bonds. The van der Waals surface area contributed by atoms with Gasteiger partial charge in [-0.1, -0.05) is 12.1 Å². The smallest absolute Gasteiger partial charge is 0.239 e. The van der Waals surface area contributed by atoms with Gasteiger partial charge in [0.05, 0.1) is 19.7 Å². The van der Waals surface area contributed by atoms with E-state index in [1.807, 2.05) is 32.9 Å². The van der Waals surface area contributed by atoms with Crippen molar-refractivity contribution >= 4 is 11.9 Å². The average molecular weight is 390 g/mol. The summed E-state index contributed by atoms with van der Waals surface area (Å²) in [5.41, 5.74) is 0.970. The van der Waals surface area contributed by atoms with Gasteiger partial charge >= 0.3 is 0 Å². The Morgan fingerprint density at radius 3 is 2.57 bits per heavy atom. The number of aliphatic imine (C=N–C) groups is 1. The summed E-state index contributed by atoms with van der Waals surface area (Å²) in [7, 11) is 3.41. The number of rotatable bonds is 7. The number of guanidine groups is 1. The Morgan fingerprint density at radius 2 is 1.96 bits per heavy atom. The Morgan fingerprint density at radius 1 is 1.25 bits per heavy atom. The van der Waals surface area contributed by atoms with E-state index >= 15 is 0 Å². The lowest BCUT2D eigenvalue weighted by Crippen LogP contribution is -2.49. The van der Waals surface area contributed by atoms with Crippen molar-refractivity contribution in [2.45, 2.75) is 45.2 Å². The number of hydrogen-bond donors (Lipinski definition) is 3. The maximum Gasteiger partial charge on any atom is 0.239 e. The summed E-state index contributed by atoms with van der Waals surface area (Å²) in [4.78, 5) is 18.8. The predicted molar refractivity (Wildman–Crippen MR) is 114 cm³/mol. The molecule has 0 aliphatic carbocycles. The molecule has 1 saturated heterocycles. The molecule has 3 N–H and O–H groups in total. The Bertz CT molecular complexity index is 663. The van der Waals surface area contributed by atoms with E-state index in [9.17, 15) is 4.79 Å². The molecule has 2 rings (SSSR count). The van der Waals surface area contributed by atoms with Gasteiger partial charge in [-0.25, -0.2) is 0 Å². The average Bonchev–Trinajstić information content (AvgIpc) is 3.17. The Hall–Kier alpha value is -2.28. The number of methoxy groups -OCH3 is 1. The fourth-order valence-corrected chi connectivity index (χ4v) is 3.40. The van der Waals surface area contributed by atoms with Crippen molar-refractivity contribution in [3.05, 3.63) is 29.8 Å². The molecule has 0 spiro atoms. The van der Waals surface area contributed by atoms with Crippen LogP contribution in [0.5, 0.6) is 5.75 Å². The van der Waals surface area contributed by atoms with Gasteiger partial charge in [-0.05, 0) is 64.4 Å². The van der Waals surface area contributed by atoms with Crippen LogP contribution in [0.3, 0.4) is 0 Å². The molecule has 1 aliphatic rings. The highest BCUT2D eigenvalue weighted by Gasteiger charge is 2.24. The molecule has 1 unspecified atom stereocenters. The van der Waals surface area contributed by atoms with Gasteiger partial charge in [0.1, 0.15) is 5.75 Å². The van der Waals surface area contributed by atoms with Gasteiger partial charge < -0.3 is 20.7 Å². The molecule has 28 heavy (non-hydrogen) atoms. The predicted octanol–water partition coefficient (Wildman–Crippen LogP) is 1.91. The van der Waals surface area contributed by atoms with E-state index in [1.165, 1.54) is 18.4 Å². The van der Waals surface area contributed by atoms with Crippen molar-refractivity contribution in [1.82, 2.24) is 20.9 Å². The van der Waals surface area contributed by atoms with Crippen LogP contribution in [0.15, 0.2) is 29.3 Å². The molecule has 156 valence electrons. The third-order valence-electron chi connectivity index (χ3n) is 4.68. The van der Waals surface area contributed by atoms with Crippen molar-refractivity contribution < 1.29 is 9.53 Å². The zero-order chi connectivity index (χ0) is 20.6. The van der Waals surface area contributed by atoms with Crippen LogP contribution in [0, 0.1) is 0 Å². The van der Waals surface area contributed by atoms with Gasteiger partial charge in [-0.3, -0.25) is 14.7 Å². The second-order valence-electron chi connectivity index (χ2n) is 8.14. The third kappa shape index (κ3) is 7.03. The number of amides is 1. The van der Waals surface area contributed by atoms with Crippen LogP contribution < -0.4 is 20.7 Å². The zero-order valence-electron chi connectivity index (χ0n) is 17.8. The van der Waals surface area contributed by atoms with Crippen molar-refractivity contribution in [2.24, 2.45) is 4.99 Å². The number of carbonyl (C=O) groups excluding carboxylic acids is 1. The SMILES string of the molecule is CN=C(NCC(=O)NC(C)(C)C)NCC(c1cccc(OC)c1)N1CCCC1. The molecule has 0 saturated carbocycles. The first kappa shape index (κ1) is 22.0. The maximum atomic E-state index is 12.0. The lowest BCUT2D eigenvalue weighted by Gasteiger charge is -2.29. The highest BCUT2D eigenvalue weighted by atomic mass is 16.5. The van der Waals surface area contributed by atoms with Crippen LogP contribution in [0.1, 0.15) is 45.2 Å². The number of benzene rings is 1. The van der Waals surface area contributed by atoms with Crippen LogP contribution in [-0.4, -0.2) is 62.6 Å². The fraction of sp³-hybridized carbons (Fsp3) is 0.619. The maximum absolute atomic E-state index is 12.0. The quantitative estimate of drug-likeness (QED) is 0.491. The van der Waals surface area contributed by atoms with Crippen LogP contribution in [0.25, 0.3) is 0 Å². The molecule has 0 bridgehead atoms. The highest BCUT2D eigenvalue weighted by Crippen LogP contribution is 2.27. The van der Waals surface area contributed by atoms with Gasteiger partial charge in [0.15, 0.2) is 5.96 Å². The number of likely N-dealkylation sites (tertiary alicyclic amines) is 1. The molecular formula is C21H35N5O2. The van der Waals surface area contributed by atoms with Crippen molar-refractivity contribution in [1.29, 1.82) is 0 Å². The van der Waals surface area contributed by atoms with E-state index in [-0.39, 0.29) is 24.0 Å². The van der Waals surface area contributed by atoms with E-state index < -0.39 is 0 Å². The Balaban J connectivity index is 1.98. The van der Waals surface area contributed by atoms with Gasteiger partial charge in [0.2, 0.25) is 5.91 Å². The molecule has 1 atom stereocenters. The summed E-state index contributed by atoms with van der Waals surface area (Å²) in [6, 6.07) is 8.45. The Kier molecular flexibility index (Phi) is 8.11. The van der Waals surface area contributed by atoms with Crippen LogP contribution in [0.4, 0.5) is 0 Å². The normalized spacial score (nSPS) is 16.5. The summed E-state index contributed by atoms with van der Waals surface area (Å²) in [6.45, 7) is 8.96. The third-order valence-corrected chi connectivity index (χ3v) is 4.68. The summed E-state index contributed by atoms with van der Waals surface area (Å²) in [5.74, 6) is 1.43. The summed E-state index contributed by atoms with van der Waals surface area (Å²) in [6.07, 6.45) is 2.45. The van der Waals surface area contributed by atoms with Crippen molar-refractivity contribution in [3.8, 4) is 5.75 Å². The molecule has 7 nitrogen and oxygen atoms in total. The van der Waals surface area contributed by atoms with Gasteiger partial charge in [0, 0.05) is 19.1 Å². The number of carbonyl (C=O) groups is 1. The fourth-order valence-electron chi connectivity index (χ4n) is 3.40. The molecular weight excluding hydrogens is 354 g/mol. The minimum atomic E-state index is -0.247. The van der Waals surface area contributed by atoms with Crippen LogP contribution in [0.2, 0.25) is 0 Å². The first-order valence-electron chi connectivity index (χ1n) is 9.96. The number of nitrogens with zero attached hydrogens (tertiary/aromatic N) is 2. The molecule has 1 heterocycles. The molecule has 1 aromatic rings. The molecule has 1 aromatic carbocycles. The molecule has 1 fully saturated rings. The minimum absolute atomic E-state index is 0.0562. The van der Waals surface area contributed by atoms with Crippen molar-refractivity contribution in [3.63, 3.8) is 0 Å². The number of hydrogen-bond acceptors (Lipinski definition) is 4. The standard InChI is InChI=1S/C21H35N5O2/c1-21(2,3)25-19(27)15-24-20(22-4)23-14-18(26-11-6-7-12-26)16-9-8-10-17(13-16)28-5/h8-10,13,18H,6-7,11-12,14-15H2,1-5H3,(H,25,27)(H2,22,23,24). The van der Waals surface area contributed by atoms with E-state index in [0.717, 1.165) is 18.8 Å². The lowest BCUT2D eigenvalue weighted by molar-refractivity contribution is -0.121. The first-order chi connectivity index (χ1) is 13.3. The second-order valence-corrected chi connectivity index (χ2v) is 8.14. The van der Waals surface area contributed by atoms with Gasteiger partial charge in [0.25, 0.3) is 0 Å². The molecule has 7 heteroatoms. The zero-order valence-corrected chi connectivity index (χ0v) is 17.8. The topological polar surface area (TPSA) is 78.0 Å². The van der Waals surface area contributed by atoms with E-state index in [4.69, 9.17) is 4.74 Å². The van der Waals surface area contributed by atoms with Crippen LogP contribution in [-0.2, 0) is 4.79 Å². The highest BCUT2D eigenvalue weighted by molar-refractivity contribution is 5.86. The van der Waals surface area contributed by atoms with E-state index in [0.29, 0.717) is 12.5 Å². The number of nitrogens with one attached hydrogen (secondary N) is 3. The second kappa shape index (κ2) is 10.3. The summed E-state index contributed by atoms with van der Waals surface area (Å²) < 4.78 is 5.40. The lowest BCUT2D eigenvalue weighted by atomic mass is 10.1. The summed E-state index contributed by atoms with van der Waals surface area (Å²) in [5, 5.41) is 9.41. The number of ether oxygens (including phenoxy) is 1. The molecule has 0 radical (unpaired) electrons. The minimum Gasteiger partial charge on any atom is -0.497 e. The first-order valence-corrected chi connectivity index (χ1v) is 9.96. The van der Waals surface area contributed by atoms with E-state index in [2.05, 4.69) is 38.0 Å². The largest absolute Gasteiger partial charge is 0.497 e. The van der Waals surface area contributed by atoms with Gasteiger partial charge in [-0.2, -0.15) is 0 Å². The molecule has 1 aliphatic heterocycles.